The number of hydrogen-bond donors (Lipinski definition) is 1. The van der Waals surface area contributed by atoms with E-state index in [4.69, 9.17) is 9.84 Å². The Bertz CT molecular complexity index is 244. The lowest BCUT2D eigenvalue weighted by molar-refractivity contribution is -0.137. The fourth-order valence-corrected chi connectivity index (χ4v) is 2.24. The number of hydrogen-bond acceptors (Lipinski definition) is 4. The quantitative estimate of drug-likeness (QED) is 0.736. The summed E-state index contributed by atoms with van der Waals surface area (Å²) in [4.78, 5) is 15.8. The molecule has 1 aliphatic heterocycles. The van der Waals surface area contributed by atoms with Crippen LogP contribution in [0.5, 0.6) is 0 Å². The van der Waals surface area contributed by atoms with Crippen LogP contribution >= 0.6 is 0 Å². The summed E-state index contributed by atoms with van der Waals surface area (Å²) in [7, 11) is 0. The minimum Gasteiger partial charge on any atom is -0.394 e. The minimum atomic E-state index is -0.164. The smallest absolute Gasteiger partial charge is 0.236 e. The molecule has 1 amide bonds. The predicted octanol–water partition coefficient (Wildman–Crippen LogP) is -0.0636. The molecule has 0 aromatic rings. The van der Waals surface area contributed by atoms with Crippen LogP contribution < -0.4 is 0 Å². The molecule has 1 saturated heterocycles. The SMILES string of the molecule is CCN(CC)C(=O)CN1CC(C)OC(CO)C1. The van der Waals surface area contributed by atoms with Crippen LogP contribution in [0.4, 0.5) is 0 Å². The lowest BCUT2D eigenvalue weighted by Crippen LogP contribution is -2.51. The van der Waals surface area contributed by atoms with Crippen molar-refractivity contribution in [2.24, 2.45) is 0 Å². The van der Waals surface area contributed by atoms with E-state index in [0.29, 0.717) is 13.1 Å². The van der Waals surface area contributed by atoms with Crippen LogP contribution in [-0.4, -0.2) is 72.4 Å². The van der Waals surface area contributed by atoms with Gasteiger partial charge in [0.15, 0.2) is 0 Å². The van der Waals surface area contributed by atoms with Gasteiger partial charge in [0.2, 0.25) is 5.91 Å². The number of carbonyl (C=O) groups is 1. The van der Waals surface area contributed by atoms with E-state index in [-0.39, 0.29) is 24.7 Å². The van der Waals surface area contributed by atoms with Gasteiger partial charge in [0, 0.05) is 26.2 Å². The molecular formula is C12H24N2O3. The number of nitrogens with zero attached hydrogens (tertiary/aromatic N) is 2. The Balaban J connectivity index is 2.47. The van der Waals surface area contributed by atoms with Crippen LogP contribution in [0.1, 0.15) is 20.8 Å². The highest BCUT2D eigenvalue weighted by Crippen LogP contribution is 2.10. The lowest BCUT2D eigenvalue weighted by Gasteiger charge is -2.36. The molecule has 2 unspecified atom stereocenters. The zero-order valence-electron chi connectivity index (χ0n) is 11.1. The molecule has 0 bridgehead atoms. The van der Waals surface area contributed by atoms with Crippen molar-refractivity contribution in [3.8, 4) is 0 Å². The molecule has 1 heterocycles. The van der Waals surface area contributed by atoms with E-state index in [1.54, 1.807) is 0 Å². The topological polar surface area (TPSA) is 53.0 Å². The molecule has 1 rings (SSSR count). The minimum absolute atomic E-state index is 0.0142. The first kappa shape index (κ1) is 14.4. The third-order valence-corrected chi connectivity index (χ3v) is 3.08. The van der Waals surface area contributed by atoms with Crippen LogP contribution in [-0.2, 0) is 9.53 Å². The fraction of sp³-hybridized carbons (Fsp3) is 0.917. The molecule has 0 aromatic heterocycles. The van der Waals surface area contributed by atoms with Crippen LogP contribution in [0, 0.1) is 0 Å². The Hall–Kier alpha value is -0.650. The van der Waals surface area contributed by atoms with Gasteiger partial charge in [0.1, 0.15) is 0 Å². The van der Waals surface area contributed by atoms with Gasteiger partial charge >= 0.3 is 0 Å². The molecular weight excluding hydrogens is 220 g/mol. The first-order valence-corrected chi connectivity index (χ1v) is 6.37. The van der Waals surface area contributed by atoms with Gasteiger partial charge in [0.25, 0.3) is 0 Å². The molecule has 17 heavy (non-hydrogen) atoms. The summed E-state index contributed by atoms with van der Waals surface area (Å²) in [5, 5.41) is 9.12. The van der Waals surface area contributed by atoms with Crippen molar-refractivity contribution in [2.45, 2.75) is 33.0 Å². The Morgan fingerprint density at radius 3 is 2.59 bits per heavy atom. The number of rotatable bonds is 5. The Labute approximate surface area is 103 Å². The largest absolute Gasteiger partial charge is 0.394 e. The maximum absolute atomic E-state index is 12.0. The second kappa shape index (κ2) is 6.93. The molecule has 0 aromatic carbocycles. The van der Waals surface area contributed by atoms with Crippen molar-refractivity contribution >= 4 is 5.91 Å². The molecule has 1 N–H and O–H groups in total. The molecule has 0 spiro atoms. The number of morpholine rings is 1. The van der Waals surface area contributed by atoms with E-state index in [1.807, 2.05) is 25.7 Å². The number of aliphatic hydroxyl groups is 1. The average molecular weight is 244 g/mol. The van der Waals surface area contributed by atoms with Crippen molar-refractivity contribution in [1.82, 2.24) is 9.80 Å². The Morgan fingerprint density at radius 2 is 2.06 bits per heavy atom. The van der Waals surface area contributed by atoms with Crippen molar-refractivity contribution < 1.29 is 14.6 Å². The summed E-state index contributed by atoms with van der Waals surface area (Å²) in [6, 6.07) is 0. The van der Waals surface area contributed by atoms with E-state index in [1.165, 1.54) is 0 Å². The number of amides is 1. The zero-order valence-corrected chi connectivity index (χ0v) is 11.1. The normalized spacial score (nSPS) is 25.9. The van der Waals surface area contributed by atoms with Gasteiger partial charge in [-0.05, 0) is 20.8 Å². The summed E-state index contributed by atoms with van der Waals surface area (Å²) >= 11 is 0. The number of likely N-dealkylation sites (N-methyl/N-ethyl adjacent to an activating group) is 1. The fourth-order valence-electron chi connectivity index (χ4n) is 2.24. The summed E-state index contributed by atoms with van der Waals surface area (Å²) in [6.07, 6.45) is -0.0892. The third kappa shape index (κ3) is 4.26. The highest BCUT2D eigenvalue weighted by Gasteiger charge is 2.26. The average Bonchev–Trinajstić information content (AvgIpc) is 2.29. The second-order valence-electron chi connectivity index (χ2n) is 4.51. The van der Waals surface area contributed by atoms with E-state index in [2.05, 4.69) is 4.90 Å². The zero-order chi connectivity index (χ0) is 12.8. The molecule has 100 valence electrons. The maximum Gasteiger partial charge on any atom is 0.236 e. The van der Waals surface area contributed by atoms with E-state index >= 15 is 0 Å². The van der Waals surface area contributed by atoms with Crippen LogP contribution in [0.25, 0.3) is 0 Å². The van der Waals surface area contributed by atoms with Crippen molar-refractivity contribution in [2.75, 3.05) is 39.3 Å². The van der Waals surface area contributed by atoms with Gasteiger partial charge in [-0.15, -0.1) is 0 Å². The third-order valence-electron chi connectivity index (χ3n) is 3.08. The molecule has 5 nitrogen and oxygen atoms in total. The lowest BCUT2D eigenvalue weighted by atomic mass is 10.2. The van der Waals surface area contributed by atoms with Gasteiger partial charge in [-0.1, -0.05) is 0 Å². The van der Waals surface area contributed by atoms with Gasteiger partial charge < -0.3 is 14.7 Å². The van der Waals surface area contributed by atoms with Crippen molar-refractivity contribution in [3.63, 3.8) is 0 Å². The molecule has 2 atom stereocenters. The van der Waals surface area contributed by atoms with E-state index in [0.717, 1.165) is 19.6 Å². The summed E-state index contributed by atoms with van der Waals surface area (Å²) < 4.78 is 5.54. The van der Waals surface area contributed by atoms with Crippen LogP contribution in [0.2, 0.25) is 0 Å². The van der Waals surface area contributed by atoms with Gasteiger partial charge in [0.05, 0.1) is 25.4 Å². The first-order chi connectivity index (χ1) is 8.10. The van der Waals surface area contributed by atoms with Crippen molar-refractivity contribution in [3.05, 3.63) is 0 Å². The second-order valence-corrected chi connectivity index (χ2v) is 4.51. The number of aliphatic hydroxyl groups excluding tert-OH is 1. The first-order valence-electron chi connectivity index (χ1n) is 6.37. The maximum atomic E-state index is 12.0. The molecule has 5 heteroatoms. The summed E-state index contributed by atoms with van der Waals surface area (Å²) in [5.41, 5.74) is 0. The van der Waals surface area contributed by atoms with Crippen LogP contribution in [0.15, 0.2) is 0 Å². The van der Waals surface area contributed by atoms with Crippen LogP contribution in [0.3, 0.4) is 0 Å². The molecule has 0 radical (unpaired) electrons. The highest BCUT2D eigenvalue weighted by molar-refractivity contribution is 5.78. The Kier molecular flexibility index (Phi) is 5.88. The highest BCUT2D eigenvalue weighted by atomic mass is 16.5. The van der Waals surface area contributed by atoms with E-state index in [9.17, 15) is 4.79 Å². The monoisotopic (exact) mass is 244 g/mol. The van der Waals surface area contributed by atoms with Gasteiger partial charge in [-0.3, -0.25) is 9.69 Å². The van der Waals surface area contributed by atoms with Crippen molar-refractivity contribution in [1.29, 1.82) is 0 Å². The molecule has 0 aliphatic carbocycles. The van der Waals surface area contributed by atoms with Gasteiger partial charge in [-0.2, -0.15) is 0 Å². The number of carbonyl (C=O) groups excluding carboxylic acids is 1. The summed E-state index contributed by atoms with van der Waals surface area (Å²) in [6.45, 7) is 9.26. The van der Waals surface area contributed by atoms with E-state index < -0.39 is 0 Å². The standard InChI is InChI=1S/C12H24N2O3/c1-4-14(5-2)12(16)8-13-6-10(3)17-11(7-13)9-15/h10-11,15H,4-9H2,1-3H3. The predicted molar refractivity (Wildman–Crippen MR) is 65.8 cm³/mol. The summed E-state index contributed by atoms with van der Waals surface area (Å²) in [5.74, 6) is 0.154. The van der Waals surface area contributed by atoms with Gasteiger partial charge in [-0.25, -0.2) is 0 Å². The number of ether oxygens (including phenoxy) is 1. The molecule has 1 fully saturated rings. The Morgan fingerprint density at radius 1 is 1.41 bits per heavy atom. The molecule has 1 aliphatic rings. The molecule has 0 saturated carbocycles.